The van der Waals surface area contributed by atoms with E-state index in [2.05, 4.69) is 5.32 Å². The first kappa shape index (κ1) is 23.0. The van der Waals surface area contributed by atoms with Gasteiger partial charge in [-0.3, -0.25) is 14.5 Å². The summed E-state index contributed by atoms with van der Waals surface area (Å²) in [6, 6.07) is 17.5. The van der Waals surface area contributed by atoms with Crippen molar-refractivity contribution >= 4 is 23.7 Å². The average molecular weight is 460 g/mol. The Kier molecular flexibility index (Phi) is 6.32. The molecule has 8 heteroatoms. The van der Waals surface area contributed by atoms with Crippen molar-refractivity contribution in [3.05, 3.63) is 88.7 Å². The maximum absolute atomic E-state index is 13.1. The van der Waals surface area contributed by atoms with Gasteiger partial charge in [-0.25, -0.2) is 9.59 Å². The fraction of sp³-hybridized carbons (Fsp3) is 0.231. The van der Waals surface area contributed by atoms with Crippen LogP contribution in [0.4, 0.5) is 4.79 Å². The minimum Gasteiger partial charge on any atom is -0.451 e. The first-order valence-corrected chi connectivity index (χ1v) is 10.9. The lowest BCUT2D eigenvalue weighted by Crippen LogP contribution is -2.30. The number of hydrogen-bond acceptors (Lipinski definition) is 5. The molecule has 1 aliphatic rings. The van der Waals surface area contributed by atoms with Gasteiger partial charge >= 0.3 is 12.0 Å². The van der Waals surface area contributed by atoms with E-state index in [4.69, 9.17) is 4.74 Å². The smallest absolute Gasteiger partial charge is 0.338 e. The number of hydrogen-bond donors (Lipinski definition) is 1. The third kappa shape index (κ3) is 4.47. The predicted molar refractivity (Wildman–Crippen MR) is 125 cm³/mol. The van der Waals surface area contributed by atoms with Crippen molar-refractivity contribution in [1.29, 1.82) is 0 Å². The van der Waals surface area contributed by atoms with Crippen LogP contribution in [0.5, 0.6) is 0 Å². The number of benzene rings is 2. The topological polar surface area (TPSA) is 97.7 Å². The van der Waals surface area contributed by atoms with Crippen LogP contribution in [0.2, 0.25) is 0 Å². The summed E-state index contributed by atoms with van der Waals surface area (Å²) in [4.78, 5) is 50.2. The number of para-hydroxylation sites is 1. The number of nitrogens with zero attached hydrogens (tertiary/aromatic N) is 2. The van der Waals surface area contributed by atoms with Crippen molar-refractivity contribution in [2.24, 2.45) is 0 Å². The van der Waals surface area contributed by atoms with Crippen molar-refractivity contribution in [2.75, 3.05) is 6.54 Å². The number of imide groups is 1. The molecule has 1 atom stereocenters. The summed E-state index contributed by atoms with van der Waals surface area (Å²) in [6.07, 6.45) is -0.970. The Labute approximate surface area is 197 Å². The molecule has 1 aliphatic heterocycles. The largest absolute Gasteiger partial charge is 0.451 e. The standard InChI is InChI=1S/C26H25N3O5/c1-16-13-22(17(2)29(16)21-7-5-4-6-8-21)24(31)18(3)34-25(32)20-11-9-19(10-12-20)15-28-23(30)14-27-26(28)33/h4-13,18H,14-15H2,1-3H3,(H,27,33). The molecule has 0 bridgehead atoms. The first-order chi connectivity index (χ1) is 16.3. The molecule has 1 aromatic heterocycles. The monoisotopic (exact) mass is 459 g/mol. The molecular weight excluding hydrogens is 434 g/mol. The highest BCUT2D eigenvalue weighted by Crippen LogP contribution is 2.23. The molecule has 8 nitrogen and oxygen atoms in total. The van der Waals surface area contributed by atoms with Crippen LogP contribution >= 0.6 is 0 Å². The summed E-state index contributed by atoms with van der Waals surface area (Å²) in [7, 11) is 0. The molecule has 1 fully saturated rings. The Hall–Kier alpha value is -4.20. The Morgan fingerprint density at radius 2 is 1.71 bits per heavy atom. The van der Waals surface area contributed by atoms with Crippen LogP contribution in [0.3, 0.4) is 0 Å². The zero-order valence-corrected chi connectivity index (χ0v) is 19.2. The molecule has 3 aromatic rings. The molecule has 2 heterocycles. The van der Waals surface area contributed by atoms with Crippen LogP contribution in [-0.4, -0.2) is 45.8 Å². The van der Waals surface area contributed by atoms with Gasteiger partial charge in [0, 0.05) is 22.6 Å². The van der Waals surface area contributed by atoms with E-state index in [0.29, 0.717) is 11.1 Å². The van der Waals surface area contributed by atoms with Gasteiger partial charge in [-0.2, -0.15) is 0 Å². The van der Waals surface area contributed by atoms with Gasteiger partial charge in [-0.05, 0) is 56.7 Å². The second-order valence-corrected chi connectivity index (χ2v) is 8.20. The molecule has 2 aromatic carbocycles. The van der Waals surface area contributed by atoms with E-state index in [9.17, 15) is 19.2 Å². The normalized spacial score (nSPS) is 14.1. The van der Waals surface area contributed by atoms with E-state index in [1.165, 1.54) is 0 Å². The molecule has 1 N–H and O–H groups in total. The second-order valence-electron chi connectivity index (χ2n) is 8.20. The highest BCUT2D eigenvalue weighted by Gasteiger charge is 2.28. The van der Waals surface area contributed by atoms with E-state index < -0.39 is 18.1 Å². The highest BCUT2D eigenvalue weighted by molar-refractivity contribution is 6.03. The SMILES string of the molecule is Cc1cc(C(=O)C(C)OC(=O)c2ccc(CN3C(=O)CNC3=O)cc2)c(C)n1-c1ccccc1. The Bertz CT molecular complexity index is 1250. The summed E-state index contributed by atoms with van der Waals surface area (Å²) < 4.78 is 7.44. The zero-order valence-electron chi connectivity index (χ0n) is 19.2. The maximum Gasteiger partial charge on any atom is 0.338 e. The van der Waals surface area contributed by atoms with Crippen LogP contribution in [0.15, 0.2) is 60.7 Å². The third-order valence-corrected chi connectivity index (χ3v) is 5.83. The summed E-state index contributed by atoms with van der Waals surface area (Å²) in [5, 5.41) is 2.46. The summed E-state index contributed by atoms with van der Waals surface area (Å²) in [5.41, 5.74) is 4.11. The molecule has 4 rings (SSSR count). The Morgan fingerprint density at radius 3 is 2.32 bits per heavy atom. The van der Waals surface area contributed by atoms with Crippen LogP contribution in [0.1, 0.15) is 44.6 Å². The minimum atomic E-state index is -0.970. The summed E-state index contributed by atoms with van der Waals surface area (Å²) in [6.45, 7) is 5.45. The molecule has 1 saturated heterocycles. The lowest BCUT2D eigenvalue weighted by Gasteiger charge is -2.14. The van der Waals surface area contributed by atoms with Crippen LogP contribution < -0.4 is 5.32 Å². The number of carbonyl (C=O) groups is 4. The van der Waals surface area contributed by atoms with Crippen molar-refractivity contribution < 1.29 is 23.9 Å². The van der Waals surface area contributed by atoms with E-state index in [0.717, 1.165) is 22.0 Å². The molecule has 3 amide bonds. The number of rotatable bonds is 7. The van der Waals surface area contributed by atoms with Crippen molar-refractivity contribution in [1.82, 2.24) is 14.8 Å². The number of carbonyl (C=O) groups excluding carboxylic acids is 4. The van der Waals surface area contributed by atoms with Gasteiger partial charge in [0.15, 0.2) is 6.10 Å². The molecule has 1 unspecified atom stereocenters. The number of aromatic nitrogens is 1. The third-order valence-electron chi connectivity index (χ3n) is 5.83. The lowest BCUT2D eigenvalue weighted by atomic mass is 10.1. The summed E-state index contributed by atoms with van der Waals surface area (Å²) in [5.74, 6) is -1.20. The van der Waals surface area contributed by atoms with E-state index >= 15 is 0 Å². The number of ketones is 1. The van der Waals surface area contributed by atoms with Gasteiger partial charge in [0.2, 0.25) is 11.7 Å². The van der Waals surface area contributed by atoms with Crippen molar-refractivity contribution in [3.63, 3.8) is 0 Å². The fourth-order valence-corrected chi connectivity index (χ4v) is 4.03. The number of Topliss-reactive ketones (excluding diaryl/α,β-unsaturated/α-hetero) is 1. The molecule has 0 aliphatic carbocycles. The molecule has 0 spiro atoms. The fourth-order valence-electron chi connectivity index (χ4n) is 4.03. The van der Waals surface area contributed by atoms with E-state index in [1.54, 1.807) is 37.3 Å². The number of urea groups is 1. The van der Waals surface area contributed by atoms with Crippen LogP contribution in [-0.2, 0) is 16.1 Å². The summed E-state index contributed by atoms with van der Waals surface area (Å²) >= 11 is 0. The number of ether oxygens (including phenoxy) is 1. The molecule has 34 heavy (non-hydrogen) atoms. The van der Waals surface area contributed by atoms with Gasteiger partial charge in [-0.15, -0.1) is 0 Å². The number of esters is 1. The predicted octanol–water partition coefficient (Wildman–Crippen LogP) is 3.57. The van der Waals surface area contributed by atoms with Gasteiger partial charge in [-0.1, -0.05) is 30.3 Å². The first-order valence-electron chi connectivity index (χ1n) is 10.9. The minimum absolute atomic E-state index is 0.0110. The van der Waals surface area contributed by atoms with Gasteiger partial charge in [0.05, 0.1) is 18.7 Å². The second kappa shape index (κ2) is 9.35. The number of nitrogens with one attached hydrogen (secondary N) is 1. The number of aryl methyl sites for hydroxylation is 1. The number of amides is 3. The highest BCUT2D eigenvalue weighted by atomic mass is 16.5. The quantitative estimate of drug-likeness (QED) is 0.331. The molecule has 0 radical (unpaired) electrons. The zero-order chi connectivity index (χ0) is 24.4. The maximum atomic E-state index is 13.1. The van der Waals surface area contributed by atoms with Gasteiger partial charge in [0.1, 0.15) is 0 Å². The van der Waals surface area contributed by atoms with E-state index in [-0.39, 0.29) is 30.3 Å². The van der Waals surface area contributed by atoms with Crippen molar-refractivity contribution in [3.8, 4) is 5.69 Å². The Balaban J connectivity index is 1.43. The van der Waals surface area contributed by atoms with Crippen molar-refractivity contribution in [2.45, 2.75) is 33.4 Å². The van der Waals surface area contributed by atoms with E-state index in [1.807, 2.05) is 48.7 Å². The van der Waals surface area contributed by atoms with Crippen LogP contribution in [0.25, 0.3) is 5.69 Å². The molecule has 174 valence electrons. The average Bonchev–Trinajstić information content (AvgIpc) is 3.31. The Morgan fingerprint density at radius 1 is 1.03 bits per heavy atom. The van der Waals surface area contributed by atoms with Gasteiger partial charge in [0.25, 0.3) is 0 Å². The van der Waals surface area contributed by atoms with Gasteiger partial charge < -0.3 is 14.6 Å². The lowest BCUT2D eigenvalue weighted by molar-refractivity contribution is -0.125. The molecule has 0 saturated carbocycles. The molecular formula is C26H25N3O5. The van der Waals surface area contributed by atoms with Crippen LogP contribution in [0, 0.1) is 13.8 Å².